The minimum absolute atomic E-state index is 0.0583. The molecule has 2 amide bonds. The van der Waals surface area contributed by atoms with E-state index in [0.29, 0.717) is 25.4 Å². The fraction of sp³-hybridized carbons (Fsp3) is 0.615. The largest absolute Gasteiger partial charge is 0.355 e. The Hall–Kier alpha value is -1.43. The Bertz CT molecular complexity index is 472. The van der Waals surface area contributed by atoms with E-state index in [1.807, 2.05) is 12.3 Å². The van der Waals surface area contributed by atoms with Crippen molar-refractivity contribution in [3.8, 4) is 0 Å². The van der Waals surface area contributed by atoms with E-state index in [1.54, 1.807) is 0 Å². The van der Waals surface area contributed by atoms with Crippen LogP contribution in [0.3, 0.4) is 0 Å². The Labute approximate surface area is 116 Å². The van der Waals surface area contributed by atoms with Crippen molar-refractivity contribution in [2.24, 2.45) is 11.8 Å². The Kier molecular flexibility index (Phi) is 4.52. The van der Waals surface area contributed by atoms with Gasteiger partial charge in [0.05, 0.1) is 6.54 Å². The number of rotatable bonds is 6. The highest BCUT2D eigenvalue weighted by molar-refractivity contribution is 7.09. The van der Waals surface area contributed by atoms with E-state index in [4.69, 9.17) is 0 Å². The molecular formula is C13H19N3O2S. The molecule has 2 unspecified atom stereocenters. The molecule has 0 aliphatic heterocycles. The zero-order valence-corrected chi connectivity index (χ0v) is 12.0. The first-order chi connectivity index (χ1) is 9.06. The number of nitrogens with one attached hydrogen (secondary N) is 2. The predicted molar refractivity (Wildman–Crippen MR) is 73.6 cm³/mol. The lowest BCUT2D eigenvalue weighted by Crippen LogP contribution is -2.31. The third-order valence-corrected chi connectivity index (χ3v) is 4.17. The summed E-state index contributed by atoms with van der Waals surface area (Å²) in [6, 6.07) is 0. The van der Waals surface area contributed by atoms with Crippen molar-refractivity contribution in [3.05, 3.63) is 16.1 Å². The number of amides is 2. The van der Waals surface area contributed by atoms with Crippen LogP contribution in [0, 0.1) is 18.8 Å². The highest BCUT2D eigenvalue weighted by Gasteiger charge is 2.38. The average molecular weight is 281 g/mol. The smallest absolute Gasteiger partial charge is 0.223 e. The molecule has 1 heterocycles. The van der Waals surface area contributed by atoms with E-state index in [2.05, 4.69) is 22.5 Å². The second-order valence-corrected chi connectivity index (χ2v) is 5.96. The van der Waals surface area contributed by atoms with Crippen LogP contribution in [-0.2, 0) is 16.1 Å². The van der Waals surface area contributed by atoms with E-state index in [9.17, 15) is 9.59 Å². The summed E-state index contributed by atoms with van der Waals surface area (Å²) in [6.07, 6.45) is 1.29. The monoisotopic (exact) mass is 281 g/mol. The zero-order chi connectivity index (χ0) is 13.8. The standard InChI is InChI=1S/C13H19N3O2S/c1-8-5-10(8)13(18)14-4-3-11(17)15-6-12-16-9(2)7-19-12/h7-8,10H,3-6H2,1-2H3,(H,14,18)(H,15,17). The number of carbonyl (C=O) groups is 2. The van der Waals surface area contributed by atoms with E-state index in [1.165, 1.54) is 11.3 Å². The average Bonchev–Trinajstić information content (AvgIpc) is 2.95. The lowest BCUT2D eigenvalue weighted by atomic mass is 10.3. The molecule has 1 aromatic heterocycles. The summed E-state index contributed by atoms with van der Waals surface area (Å²) in [6.45, 7) is 4.86. The highest BCUT2D eigenvalue weighted by Crippen LogP contribution is 2.37. The lowest BCUT2D eigenvalue weighted by Gasteiger charge is -2.05. The predicted octanol–water partition coefficient (Wildman–Crippen LogP) is 1.23. The van der Waals surface area contributed by atoms with Crippen LogP contribution in [0.15, 0.2) is 5.38 Å². The van der Waals surface area contributed by atoms with Crippen LogP contribution >= 0.6 is 11.3 Å². The molecule has 104 valence electrons. The van der Waals surface area contributed by atoms with Crippen molar-refractivity contribution in [2.75, 3.05) is 6.54 Å². The molecule has 2 N–H and O–H groups in total. The van der Waals surface area contributed by atoms with Crippen molar-refractivity contribution >= 4 is 23.2 Å². The van der Waals surface area contributed by atoms with Crippen molar-refractivity contribution in [2.45, 2.75) is 33.2 Å². The number of nitrogens with zero attached hydrogens (tertiary/aromatic N) is 1. The third kappa shape index (κ3) is 4.31. The number of thiazole rings is 1. The maximum absolute atomic E-state index is 11.6. The van der Waals surface area contributed by atoms with Crippen LogP contribution in [-0.4, -0.2) is 23.3 Å². The molecule has 6 heteroatoms. The zero-order valence-electron chi connectivity index (χ0n) is 11.2. The van der Waals surface area contributed by atoms with Gasteiger partial charge in [0, 0.05) is 30.0 Å². The first-order valence-electron chi connectivity index (χ1n) is 6.51. The molecule has 2 atom stereocenters. The van der Waals surface area contributed by atoms with E-state index in [0.717, 1.165) is 17.1 Å². The summed E-state index contributed by atoms with van der Waals surface area (Å²) >= 11 is 1.54. The Morgan fingerprint density at radius 1 is 1.47 bits per heavy atom. The quantitative estimate of drug-likeness (QED) is 0.824. The molecule has 0 aromatic carbocycles. The summed E-state index contributed by atoms with van der Waals surface area (Å²) in [5, 5.41) is 8.45. The van der Waals surface area contributed by atoms with Crippen molar-refractivity contribution in [1.29, 1.82) is 0 Å². The minimum Gasteiger partial charge on any atom is -0.355 e. The van der Waals surface area contributed by atoms with Gasteiger partial charge < -0.3 is 10.6 Å². The van der Waals surface area contributed by atoms with Crippen LogP contribution < -0.4 is 10.6 Å². The normalized spacial score (nSPS) is 20.9. The van der Waals surface area contributed by atoms with Crippen LogP contribution in [0.1, 0.15) is 30.5 Å². The molecule has 1 aromatic rings. The van der Waals surface area contributed by atoms with Gasteiger partial charge in [-0.2, -0.15) is 0 Å². The van der Waals surface area contributed by atoms with Crippen molar-refractivity contribution in [3.63, 3.8) is 0 Å². The molecule has 19 heavy (non-hydrogen) atoms. The number of aryl methyl sites for hydroxylation is 1. The molecule has 1 aliphatic carbocycles. The lowest BCUT2D eigenvalue weighted by molar-refractivity contribution is -0.123. The Morgan fingerprint density at radius 2 is 2.21 bits per heavy atom. The van der Waals surface area contributed by atoms with Gasteiger partial charge in [-0.1, -0.05) is 6.92 Å². The van der Waals surface area contributed by atoms with Crippen LogP contribution in [0.2, 0.25) is 0 Å². The third-order valence-electron chi connectivity index (χ3n) is 3.20. The van der Waals surface area contributed by atoms with E-state index in [-0.39, 0.29) is 17.7 Å². The number of carbonyl (C=O) groups excluding carboxylic acids is 2. The topological polar surface area (TPSA) is 71.1 Å². The molecule has 0 saturated heterocycles. The second-order valence-electron chi connectivity index (χ2n) is 5.02. The van der Waals surface area contributed by atoms with Crippen LogP contribution in [0.5, 0.6) is 0 Å². The van der Waals surface area contributed by atoms with Crippen LogP contribution in [0.25, 0.3) is 0 Å². The second kappa shape index (κ2) is 6.14. The first kappa shape index (κ1) is 14.0. The van der Waals surface area contributed by atoms with Gasteiger partial charge in [0.25, 0.3) is 0 Å². The van der Waals surface area contributed by atoms with Crippen molar-refractivity contribution in [1.82, 2.24) is 15.6 Å². The minimum atomic E-state index is -0.0583. The molecular weight excluding hydrogens is 262 g/mol. The molecule has 1 fully saturated rings. The molecule has 0 bridgehead atoms. The molecule has 2 rings (SSSR count). The summed E-state index contributed by atoms with van der Waals surface area (Å²) in [7, 11) is 0. The SMILES string of the molecule is Cc1csc(CNC(=O)CCNC(=O)C2CC2C)n1. The van der Waals surface area contributed by atoms with Gasteiger partial charge in [-0.05, 0) is 19.3 Å². The molecule has 1 saturated carbocycles. The molecule has 5 nitrogen and oxygen atoms in total. The maximum Gasteiger partial charge on any atom is 0.223 e. The van der Waals surface area contributed by atoms with Gasteiger partial charge in [-0.15, -0.1) is 11.3 Å². The number of aromatic nitrogens is 1. The molecule has 0 spiro atoms. The number of hydrogen-bond donors (Lipinski definition) is 2. The highest BCUT2D eigenvalue weighted by atomic mass is 32.1. The summed E-state index contributed by atoms with van der Waals surface area (Å²) in [5.74, 6) is 0.691. The van der Waals surface area contributed by atoms with Gasteiger partial charge in [-0.3, -0.25) is 9.59 Å². The summed E-state index contributed by atoms with van der Waals surface area (Å²) in [4.78, 5) is 27.4. The molecule has 0 radical (unpaired) electrons. The Morgan fingerprint density at radius 3 is 2.79 bits per heavy atom. The fourth-order valence-corrected chi connectivity index (χ4v) is 2.58. The summed E-state index contributed by atoms with van der Waals surface area (Å²) < 4.78 is 0. The van der Waals surface area contributed by atoms with Gasteiger partial charge in [0.2, 0.25) is 11.8 Å². The number of hydrogen-bond acceptors (Lipinski definition) is 4. The van der Waals surface area contributed by atoms with E-state index < -0.39 is 0 Å². The van der Waals surface area contributed by atoms with Gasteiger partial charge in [0.15, 0.2) is 0 Å². The van der Waals surface area contributed by atoms with Crippen molar-refractivity contribution < 1.29 is 9.59 Å². The fourth-order valence-electron chi connectivity index (χ4n) is 1.86. The first-order valence-corrected chi connectivity index (χ1v) is 7.39. The van der Waals surface area contributed by atoms with Crippen LogP contribution in [0.4, 0.5) is 0 Å². The maximum atomic E-state index is 11.6. The Balaban J connectivity index is 1.58. The van der Waals surface area contributed by atoms with Gasteiger partial charge in [-0.25, -0.2) is 4.98 Å². The molecule has 1 aliphatic rings. The van der Waals surface area contributed by atoms with E-state index >= 15 is 0 Å². The van der Waals surface area contributed by atoms with Gasteiger partial charge >= 0.3 is 0 Å². The van der Waals surface area contributed by atoms with Gasteiger partial charge in [0.1, 0.15) is 5.01 Å². The summed E-state index contributed by atoms with van der Waals surface area (Å²) in [5.41, 5.74) is 0.972.